The standard InChI is InChI=1S/C9H10FNO4S/c1-6(9(12)13)11-16(14,15)8-5-3-2-4-7(8)10/h2-6,11H,1H3,(H,12,13)/t6-/m1/s1. The number of nitrogens with one attached hydrogen (secondary N) is 1. The van der Waals surface area contributed by atoms with Crippen LogP contribution in [0.4, 0.5) is 4.39 Å². The van der Waals surface area contributed by atoms with Crippen molar-refractivity contribution in [2.45, 2.75) is 17.9 Å². The van der Waals surface area contributed by atoms with Crippen molar-refractivity contribution in [3.05, 3.63) is 30.1 Å². The van der Waals surface area contributed by atoms with Crippen LogP contribution in [0.3, 0.4) is 0 Å². The Labute approximate surface area is 92.0 Å². The van der Waals surface area contributed by atoms with Crippen molar-refractivity contribution in [3.63, 3.8) is 0 Å². The van der Waals surface area contributed by atoms with E-state index >= 15 is 0 Å². The quantitative estimate of drug-likeness (QED) is 0.815. The maximum absolute atomic E-state index is 13.2. The Morgan fingerprint density at radius 2 is 2.00 bits per heavy atom. The molecule has 1 aromatic rings. The average molecular weight is 247 g/mol. The Balaban J connectivity index is 3.04. The lowest BCUT2D eigenvalue weighted by Crippen LogP contribution is -2.38. The molecule has 1 rings (SSSR count). The van der Waals surface area contributed by atoms with E-state index in [-0.39, 0.29) is 0 Å². The predicted octanol–water partition coefficient (Wildman–Crippen LogP) is 0.577. The Hall–Kier alpha value is -1.47. The zero-order chi connectivity index (χ0) is 12.3. The van der Waals surface area contributed by atoms with Gasteiger partial charge in [0.1, 0.15) is 16.8 Å². The maximum atomic E-state index is 13.2. The Kier molecular flexibility index (Phi) is 3.61. The van der Waals surface area contributed by atoms with E-state index in [0.717, 1.165) is 19.1 Å². The van der Waals surface area contributed by atoms with Gasteiger partial charge in [-0.25, -0.2) is 12.8 Å². The lowest BCUT2D eigenvalue weighted by molar-refractivity contribution is -0.138. The van der Waals surface area contributed by atoms with Gasteiger partial charge in [-0.15, -0.1) is 0 Å². The van der Waals surface area contributed by atoms with Crippen LogP contribution in [0.25, 0.3) is 0 Å². The zero-order valence-corrected chi connectivity index (χ0v) is 9.16. The molecule has 88 valence electrons. The van der Waals surface area contributed by atoms with Gasteiger partial charge in [0.15, 0.2) is 0 Å². The van der Waals surface area contributed by atoms with Crippen molar-refractivity contribution in [1.82, 2.24) is 4.72 Å². The first-order valence-electron chi connectivity index (χ1n) is 4.34. The van der Waals surface area contributed by atoms with E-state index in [2.05, 4.69) is 0 Å². The molecule has 5 nitrogen and oxygen atoms in total. The molecule has 0 radical (unpaired) electrons. The summed E-state index contributed by atoms with van der Waals surface area (Å²) in [7, 11) is -4.14. The summed E-state index contributed by atoms with van der Waals surface area (Å²) in [6.45, 7) is 1.15. The van der Waals surface area contributed by atoms with E-state index in [1.807, 2.05) is 4.72 Å². The molecule has 0 saturated heterocycles. The van der Waals surface area contributed by atoms with E-state index < -0.39 is 32.7 Å². The van der Waals surface area contributed by atoms with Crippen LogP contribution < -0.4 is 4.72 Å². The fraction of sp³-hybridized carbons (Fsp3) is 0.222. The van der Waals surface area contributed by atoms with Gasteiger partial charge in [-0.2, -0.15) is 4.72 Å². The SMILES string of the molecule is C[C@@H](NS(=O)(=O)c1ccccc1F)C(=O)O. The van der Waals surface area contributed by atoms with E-state index in [0.29, 0.717) is 0 Å². The topological polar surface area (TPSA) is 83.5 Å². The van der Waals surface area contributed by atoms with Crippen LogP contribution in [0, 0.1) is 5.82 Å². The van der Waals surface area contributed by atoms with E-state index in [4.69, 9.17) is 5.11 Å². The zero-order valence-electron chi connectivity index (χ0n) is 8.34. The highest BCUT2D eigenvalue weighted by molar-refractivity contribution is 7.89. The number of carbonyl (C=O) groups is 1. The van der Waals surface area contributed by atoms with Crippen molar-refractivity contribution < 1.29 is 22.7 Å². The summed E-state index contributed by atoms with van der Waals surface area (Å²) in [5, 5.41) is 8.54. The molecular weight excluding hydrogens is 237 g/mol. The van der Waals surface area contributed by atoms with Crippen LogP contribution in [0.1, 0.15) is 6.92 Å². The Morgan fingerprint density at radius 1 is 1.44 bits per heavy atom. The van der Waals surface area contributed by atoms with Crippen LogP contribution in [-0.2, 0) is 14.8 Å². The molecule has 7 heteroatoms. The Morgan fingerprint density at radius 3 is 2.50 bits per heavy atom. The summed E-state index contributed by atoms with van der Waals surface area (Å²) in [6, 6.07) is 3.43. The molecule has 0 aliphatic rings. The smallest absolute Gasteiger partial charge is 0.321 e. The molecule has 1 atom stereocenters. The minimum atomic E-state index is -4.14. The number of carboxylic acid groups (broad SMARTS) is 1. The minimum absolute atomic E-state index is 0.567. The maximum Gasteiger partial charge on any atom is 0.321 e. The monoisotopic (exact) mass is 247 g/mol. The molecule has 0 unspecified atom stereocenters. The number of benzene rings is 1. The van der Waals surface area contributed by atoms with Gasteiger partial charge in [0.25, 0.3) is 0 Å². The number of carboxylic acids is 1. The van der Waals surface area contributed by atoms with Crippen LogP contribution in [0.15, 0.2) is 29.2 Å². The second-order valence-corrected chi connectivity index (χ2v) is 4.79. The van der Waals surface area contributed by atoms with Crippen LogP contribution in [0.5, 0.6) is 0 Å². The summed E-state index contributed by atoms with van der Waals surface area (Å²) >= 11 is 0. The van der Waals surface area contributed by atoms with Crippen molar-refractivity contribution in [2.24, 2.45) is 0 Å². The molecule has 0 aliphatic heterocycles. The number of aliphatic carboxylic acids is 1. The predicted molar refractivity (Wildman–Crippen MR) is 53.8 cm³/mol. The van der Waals surface area contributed by atoms with Gasteiger partial charge in [0.2, 0.25) is 10.0 Å². The van der Waals surface area contributed by atoms with Gasteiger partial charge in [0, 0.05) is 0 Å². The highest BCUT2D eigenvalue weighted by Crippen LogP contribution is 2.13. The molecule has 0 aromatic heterocycles. The summed E-state index contributed by atoms with van der Waals surface area (Å²) in [5.74, 6) is -2.26. The third-order valence-electron chi connectivity index (χ3n) is 1.83. The van der Waals surface area contributed by atoms with Gasteiger partial charge in [-0.05, 0) is 19.1 Å². The van der Waals surface area contributed by atoms with Gasteiger partial charge in [-0.3, -0.25) is 4.79 Å². The molecule has 0 spiro atoms. The average Bonchev–Trinajstić information content (AvgIpc) is 2.17. The second-order valence-electron chi connectivity index (χ2n) is 3.11. The number of hydrogen-bond donors (Lipinski definition) is 2. The molecule has 0 aliphatic carbocycles. The summed E-state index contributed by atoms with van der Waals surface area (Å²) in [6.07, 6.45) is 0. The largest absolute Gasteiger partial charge is 0.480 e. The van der Waals surface area contributed by atoms with E-state index in [1.165, 1.54) is 12.1 Å². The third-order valence-corrected chi connectivity index (χ3v) is 3.40. The summed E-state index contributed by atoms with van der Waals surface area (Å²) in [5.41, 5.74) is 0. The van der Waals surface area contributed by atoms with Gasteiger partial charge >= 0.3 is 5.97 Å². The lowest BCUT2D eigenvalue weighted by atomic mass is 10.3. The lowest BCUT2D eigenvalue weighted by Gasteiger charge is -2.10. The van der Waals surface area contributed by atoms with Crippen molar-refractivity contribution >= 4 is 16.0 Å². The molecule has 0 saturated carbocycles. The highest BCUT2D eigenvalue weighted by Gasteiger charge is 2.23. The van der Waals surface area contributed by atoms with Gasteiger partial charge < -0.3 is 5.11 Å². The second kappa shape index (κ2) is 4.58. The molecule has 1 aromatic carbocycles. The van der Waals surface area contributed by atoms with E-state index in [9.17, 15) is 17.6 Å². The number of halogens is 1. The highest BCUT2D eigenvalue weighted by atomic mass is 32.2. The fourth-order valence-corrected chi connectivity index (χ4v) is 2.29. The van der Waals surface area contributed by atoms with Gasteiger partial charge in [-0.1, -0.05) is 12.1 Å². The van der Waals surface area contributed by atoms with Crippen LogP contribution >= 0.6 is 0 Å². The molecular formula is C9H10FNO4S. The summed E-state index contributed by atoms with van der Waals surface area (Å²) < 4.78 is 38.1. The molecule has 0 fully saturated rings. The van der Waals surface area contributed by atoms with Crippen molar-refractivity contribution in [3.8, 4) is 0 Å². The van der Waals surface area contributed by atoms with Gasteiger partial charge in [0.05, 0.1) is 0 Å². The molecule has 16 heavy (non-hydrogen) atoms. The van der Waals surface area contributed by atoms with E-state index in [1.54, 1.807) is 0 Å². The Bertz CT molecular complexity index is 500. The molecule has 2 N–H and O–H groups in total. The minimum Gasteiger partial charge on any atom is -0.480 e. The normalized spacial score (nSPS) is 13.4. The van der Waals surface area contributed by atoms with Crippen molar-refractivity contribution in [2.75, 3.05) is 0 Å². The molecule has 0 bridgehead atoms. The number of hydrogen-bond acceptors (Lipinski definition) is 3. The fourth-order valence-electron chi connectivity index (χ4n) is 1.01. The number of rotatable bonds is 4. The van der Waals surface area contributed by atoms with Crippen LogP contribution in [-0.4, -0.2) is 25.5 Å². The molecule has 0 heterocycles. The first-order chi connectivity index (χ1) is 7.34. The summed E-state index contributed by atoms with van der Waals surface area (Å²) in [4.78, 5) is 9.91. The first kappa shape index (κ1) is 12.6. The van der Waals surface area contributed by atoms with Crippen LogP contribution in [0.2, 0.25) is 0 Å². The first-order valence-corrected chi connectivity index (χ1v) is 5.82. The number of sulfonamides is 1. The third kappa shape index (κ3) is 2.77. The van der Waals surface area contributed by atoms with Crippen molar-refractivity contribution in [1.29, 1.82) is 0 Å². The molecule has 0 amide bonds.